The minimum absolute atomic E-state index is 0.0831. The van der Waals surface area contributed by atoms with Gasteiger partial charge in [-0.05, 0) is 29.3 Å². The third-order valence-electron chi connectivity index (χ3n) is 3.28. The number of rotatable bonds is 6. The van der Waals surface area contributed by atoms with Gasteiger partial charge in [0.15, 0.2) is 0 Å². The highest BCUT2D eigenvalue weighted by atomic mass is 35.5. The molecule has 0 unspecified atom stereocenters. The van der Waals surface area contributed by atoms with Gasteiger partial charge in [0, 0.05) is 10.0 Å². The molecule has 0 spiro atoms. The average Bonchev–Trinajstić information content (AvgIpc) is 2.54. The Morgan fingerprint density at radius 3 is 2.38 bits per heavy atom. The second-order valence-corrected chi connectivity index (χ2v) is 5.92. The van der Waals surface area contributed by atoms with Crippen molar-refractivity contribution in [2.45, 2.75) is 19.1 Å². The van der Waals surface area contributed by atoms with E-state index >= 15 is 0 Å². The first-order valence-electron chi connectivity index (χ1n) is 7.16. The zero-order valence-electron chi connectivity index (χ0n) is 12.7. The van der Waals surface area contributed by atoms with E-state index in [2.05, 4.69) is 5.32 Å². The van der Waals surface area contributed by atoms with Gasteiger partial charge in [0.25, 0.3) is 0 Å². The van der Waals surface area contributed by atoms with Crippen molar-refractivity contribution in [2.24, 2.45) is 5.73 Å². The number of halogens is 2. The maximum absolute atomic E-state index is 12.1. The van der Waals surface area contributed by atoms with Crippen LogP contribution in [0.4, 0.5) is 4.79 Å². The van der Waals surface area contributed by atoms with E-state index in [1.54, 1.807) is 48.5 Å². The van der Waals surface area contributed by atoms with Gasteiger partial charge in [-0.15, -0.1) is 0 Å². The van der Waals surface area contributed by atoms with E-state index in [-0.39, 0.29) is 13.0 Å². The molecule has 0 heterocycles. The minimum Gasteiger partial charge on any atom is -0.461 e. The number of nitrogens with one attached hydrogen (secondary N) is 1. The smallest absolute Gasteiger partial charge is 0.312 e. The summed E-state index contributed by atoms with van der Waals surface area (Å²) in [6.45, 7) is 0.113. The second kappa shape index (κ2) is 8.57. The number of benzene rings is 2. The van der Waals surface area contributed by atoms with Crippen molar-refractivity contribution in [2.75, 3.05) is 0 Å². The Morgan fingerprint density at radius 2 is 1.75 bits per heavy atom. The zero-order chi connectivity index (χ0) is 17.5. The number of hydrogen-bond acceptors (Lipinski definition) is 3. The Kier molecular flexibility index (Phi) is 6.46. The Bertz CT molecular complexity index is 720. The number of amides is 2. The van der Waals surface area contributed by atoms with Crippen LogP contribution in [0.3, 0.4) is 0 Å². The Labute approximate surface area is 149 Å². The normalized spacial score (nSPS) is 11.6. The minimum atomic E-state index is -0.745. The highest BCUT2D eigenvalue weighted by Gasteiger charge is 2.20. The number of nitrogens with two attached hydrogens (primary N) is 1. The van der Waals surface area contributed by atoms with Gasteiger partial charge in [0.2, 0.25) is 0 Å². The first-order valence-corrected chi connectivity index (χ1v) is 7.92. The number of carbonyl (C=O) groups excluding carboxylic acids is 2. The fraction of sp³-hybridized carbons (Fsp3) is 0.176. The molecule has 0 aliphatic heterocycles. The summed E-state index contributed by atoms with van der Waals surface area (Å²) in [7, 11) is 0. The van der Waals surface area contributed by atoms with E-state index in [9.17, 15) is 9.59 Å². The molecule has 1 atom stereocenters. The van der Waals surface area contributed by atoms with Gasteiger partial charge in [-0.1, -0.05) is 53.5 Å². The monoisotopic (exact) mass is 366 g/mol. The zero-order valence-corrected chi connectivity index (χ0v) is 14.2. The van der Waals surface area contributed by atoms with Crippen molar-refractivity contribution < 1.29 is 14.3 Å². The van der Waals surface area contributed by atoms with Crippen LogP contribution < -0.4 is 11.1 Å². The first kappa shape index (κ1) is 18.1. The van der Waals surface area contributed by atoms with Crippen molar-refractivity contribution in [3.05, 3.63) is 69.7 Å². The number of primary amides is 1. The molecule has 2 aromatic carbocycles. The van der Waals surface area contributed by atoms with Crippen LogP contribution in [-0.4, -0.2) is 12.0 Å². The molecular formula is C17H16Cl2N2O3. The first-order chi connectivity index (χ1) is 11.5. The molecule has 7 heteroatoms. The number of carbonyl (C=O) groups is 2. The Balaban J connectivity index is 2.00. The van der Waals surface area contributed by atoms with Gasteiger partial charge in [0.05, 0.1) is 12.5 Å². The topological polar surface area (TPSA) is 81.4 Å². The van der Waals surface area contributed by atoms with Gasteiger partial charge in [-0.25, -0.2) is 4.79 Å². The molecule has 2 aromatic rings. The Hall–Kier alpha value is -2.24. The van der Waals surface area contributed by atoms with E-state index in [0.717, 1.165) is 5.56 Å². The van der Waals surface area contributed by atoms with E-state index in [1.165, 1.54) is 0 Å². The molecule has 0 bridgehead atoms. The third-order valence-corrected chi connectivity index (χ3v) is 3.88. The van der Waals surface area contributed by atoms with Crippen LogP contribution in [0, 0.1) is 0 Å². The summed E-state index contributed by atoms with van der Waals surface area (Å²) in [6, 6.07) is 12.5. The van der Waals surface area contributed by atoms with Crippen LogP contribution in [0.15, 0.2) is 48.5 Å². The Morgan fingerprint density at radius 1 is 1.08 bits per heavy atom. The van der Waals surface area contributed by atoms with E-state index in [4.69, 9.17) is 33.7 Å². The molecule has 3 N–H and O–H groups in total. The van der Waals surface area contributed by atoms with Gasteiger partial charge in [-0.2, -0.15) is 0 Å². The molecule has 0 aliphatic carbocycles. The SMILES string of the molecule is NC(=O)N[C@H](CC(=O)OCc1ccc(Cl)cc1)c1ccccc1Cl. The molecule has 2 amide bonds. The lowest BCUT2D eigenvalue weighted by atomic mass is 10.0. The summed E-state index contributed by atoms with van der Waals surface area (Å²) >= 11 is 11.9. The molecule has 0 aromatic heterocycles. The van der Waals surface area contributed by atoms with Crippen LogP contribution >= 0.6 is 23.2 Å². The average molecular weight is 367 g/mol. The lowest BCUT2D eigenvalue weighted by molar-refractivity contribution is -0.145. The molecular weight excluding hydrogens is 351 g/mol. The standard InChI is InChI=1S/C17H16Cl2N2O3/c18-12-7-5-11(6-8-12)10-24-16(22)9-15(21-17(20)23)13-3-1-2-4-14(13)19/h1-8,15H,9-10H2,(H3,20,21,23)/t15-/m1/s1. The molecule has 0 saturated carbocycles. The molecule has 0 fully saturated rings. The van der Waals surface area contributed by atoms with Crippen molar-refractivity contribution in [3.63, 3.8) is 0 Å². The highest BCUT2D eigenvalue weighted by molar-refractivity contribution is 6.31. The van der Waals surface area contributed by atoms with Crippen LogP contribution in [0.2, 0.25) is 10.0 Å². The summed E-state index contributed by atoms with van der Waals surface area (Å²) < 4.78 is 5.22. The van der Waals surface area contributed by atoms with E-state index in [1.807, 2.05) is 0 Å². The fourth-order valence-electron chi connectivity index (χ4n) is 2.14. The number of ether oxygens (including phenoxy) is 1. The van der Waals surface area contributed by atoms with Crippen molar-refractivity contribution in [1.29, 1.82) is 0 Å². The van der Waals surface area contributed by atoms with Crippen LogP contribution in [0.25, 0.3) is 0 Å². The van der Waals surface area contributed by atoms with E-state index < -0.39 is 18.0 Å². The summed E-state index contributed by atoms with van der Waals surface area (Å²) in [4.78, 5) is 23.3. The van der Waals surface area contributed by atoms with Crippen molar-refractivity contribution in [3.8, 4) is 0 Å². The van der Waals surface area contributed by atoms with Crippen LogP contribution in [0.1, 0.15) is 23.6 Å². The molecule has 0 aliphatic rings. The molecule has 5 nitrogen and oxygen atoms in total. The summed E-state index contributed by atoms with van der Waals surface area (Å²) in [5.41, 5.74) is 6.59. The second-order valence-electron chi connectivity index (χ2n) is 5.07. The third kappa shape index (κ3) is 5.44. The van der Waals surface area contributed by atoms with Gasteiger partial charge < -0.3 is 15.8 Å². The maximum atomic E-state index is 12.1. The van der Waals surface area contributed by atoms with Crippen molar-refractivity contribution >= 4 is 35.2 Å². The van der Waals surface area contributed by atoms with Crippen LogP contribution in [0.5, 0.6) is 0 Å². The maximum Gasteiger partial charge on any atom is 0.312 e. The van der Waals surface area contributed by atoms with Gasteiger partial charge >= 0.3 is 12.0 Å². The van der Waals surface area contributed by atoms with Gasteiger partial charge in [-0.3, -0.25) is 4.79 Å². The van der Waals surface area contributed by atoms with Gasteiger partial charge in [0.1, 0.15) is 6.61 Å². The summed E-state index contributed by atoms with van der Waals surface area (Å²) in [6.07, 6.45) is -0.0831. The molecule has 2 rings (SSSR count). The lowest BCUT2D eigenvalue weighted by Crippen LogP contribution is -2.34. The predicted octanol–water partition coefficient (Wildman–Crippen LogP) is 3.84. The molecule has 0 saturated heterocycles. The van der Waals surface area contributed by atoms with E-state index in [0.29, 0.717) is 15.6 Å². The number of esters is 1. The van der Waals surface area contributed by atoms with Crippen molar-refractivity contribution in [1.82, 2.24) is 5.32 Å². The quantitative estimate of drug-likeness (QED) is 0.762. The summed E-state index contributed by atoms with van der Waals surface area (Å²) in [5, 5.41) is 3.55. The molecule has 0 radical (unpaired) electrons. The largest absolute Gasteiger partial charge is 0.461 e. The summed E-state index contributed by atoms with van der Waals surface area (Å²) in [5.74, 6) is -0.483. The molecule has 24 heavy (non-hydrogen) atoms. The number of urea groups is 1. The highest BCUT2D eigenvalue weighted by Crippen LogP contribution is 2.25. The fourth-order valence-corrected chi connectivity index (χ4v) is 2.53. The predicted molar refractivity (Wildman–Crippen MR) is 92.8 cm³/mol. The van der Waals surface area contributed by atoms with Crippen LogP contribution in [-0.2, 0) is 16.1 Å². The molecule has 126 valence electrons. The lowest BCUT2D eigenvalue weighted by Gasteiger charge is -2.18. The number of hydrogen-bond donors (Lipinski definition) is 2.